The molecule has 0 radical (unpaired) electrons. The Labute approximate surface area is 170 Å². The van der Waals surface area contributed by atoms with E-state index >= 15 is 0 Å². The molecule has 14 nitrogen and oxygen atoms in total. The van der Waals surface area contributed by atoms with Gasteiger partial charge < -0.3 is 47.1 Å². The number of nitrogens with zero attached hydrogens (tertiary/aromatic N) is 1. The van der Waals surface area contributed by atoms with Crippen molar-refractivity contribution in [1.82, 2.24) is 25.9 Å². The van der Waals surface area contributed by atoms with Gasteiger partial charge in [0.2, 0.25) is 17.7 Å². The van der Waals surface area contributed by atoms with Gasteiger partial charge in [-0.3, -0.25) is 14.4 Å². The number of aromatic nitrogens is 2. The third-order valence-corrected chi connectivity index (χ3v) is 4.01. The van der Waals surface area contributed by atoms with Crippen LogP contribution in [0.15, 0.2) is 12.5 Å². The average Bonchev–Trinajstić information content (AvgIpc) is 3.20. The monoisotopic (exact) mass is 430 g/mol. The van der Waals surface area contributed by atoms with Crippen LogP contribution >= 0.6 is 0 Å². The molecule has 1 rings (SSSR count). The number of imidazole rings is 1. The number of aromatic amines is 1. The minimum Gasteiger partial charge on any atom is -0.480 e. The molecular formula is C16H26N6O8. The number of carboxylic acid groups (broad SMARTS) is 1. The standard InChI is InChI=1S/C16H26N6O8/c1-7(25)12(16(29)30)22-14(27)10(2-8-3-18-6-19-8)20-15(28)11(5-24)21-13(26)9(17)4-23/h3,6-7,9-12,23-25H,2,4-5,17H2,1H3,(H,18,19)(H,20,28)(H,21,26)(H,22,27)(H,29,30). The first kappa shape index (κ1) is 25.0. The van der Waals surface area contributed by atoms with Gasteiger partial charge >= 0.3 is 5.97 Å². The first-order valence-electron chi connectivity index (χ1n) is 8.87. The smallest absolute Gasteiger partial charge is 0.328 e. The number of hydrogen-bond donors (Lipinski definition) is 9. The van der Waals surface area contributed by atoms with Gasteiger partial charge in [0.1, 0.15) is 18.1 Å². The summed E-state index contributed by atoms with van der Waals surface area (Å²) >= 11 is 0. The number of amides is 3. The predicted molar refractivity (Wildman–Crippen MR) is 99.5 cm³/mol. The summed E-state index contributed by atoms with van der Waals surface area (Å²) in [5.41, 5.74) is 5.76. The van der Waals surface area contributed by atoms with Crippen molar-refractivity contribution < 1.29 is 39.6 Å². The largest absolute Gasteiger partial charge is 0.480 e. The van der Waals surface area contributed by atoms with Gasteiger partial charge in [0.25, 0.3) is 0 Å². The van der Waals surface area contributed by atoms with E-state index in [9.17, 15) is 29.4 Å². The van der Waals surface area contributed by atoms with Gasteiger partial charge in [-0.2, -0.15) is 0 Å². The summed E-state index contributed by atoms with van der Waals surface area (Å²) in [5, 5.41) is 43.5. The van der Waals surface area contributed by atoms with Crippen LogP contribution in [0.4, 0.5) is 0 Å². The van der Waals surface area contributed by atoms with Crippen molar-refractivity contribution in [2.45, 2.75) is 43.6 Å². The van der Waals surface area contributed by atoms with Gasteiger partial charge in [0.15, 0.2) is 6.04 Å². The quantitative estimate of drug-likeness (QED) is 0.153. The normalized spacial score (nSPS) is 15.9. The van der Waals surface area contributed by atoms with Crippen molar-refractivity contribution in [2.24, 2.45) is 5.73 Å². The molecule has 0 aliphatic rings. The van der Waals surface area contributed by atoms with Crippen molar-refractivity contribution in [1.29, 1.82) is 0 Å². The molecule has 14 heteroatoms. The van der Waals surface area contributed by atoms with E-state index in [4.69, 9.17) is 15.9 Å². The van der Waals surface area contributed by atoms with Crippen molar-refractivity contribution >= 4 is 23.7 Å². The minimum atomic E-state index is -1.63. The topological polar surface area (TPSA) is 240 Å². The number of carbonyl (C=O) groups excluding carboxylic acids is 3. The summed E-state index contributed by atoms with van der Waals surface area (Å²) in [7, 11) is 0. The summed E-state index contributed by atoms with van der Waals surface area (Å²) in [6.45, 7) is -0.352. The van der Waals surface area contributed by atoms with Crippen molar-refractivity contribution in [3.05, 3.63) is 18.2 Å². The number of rotatable bonds is 12. The van der Waals surface area contributed by atoms with Crippen molar-refractivity contribution in [2.75, 3.05) is 13.2 Å². The number of hydrogen-bond acceptors (Lipinski definition) is 9. The first-order valence-corrected chi connectivity index (χ1v) is 8.87. The van der Waals surface area contributed by atoms with E-state index in [1.165, 1.54) is 19.4 Å². The van der Waals surface area contributed by atoms with Gasteiger partial charge in [0.05, 0.1) is 25.6 Å². The van der Waals surface area contributed by atoms with E-state index in [0.29, 0.717) is 5.69 Å². The summed E-state index contributed by atoms with van der Waals surface area (Å²) in [5.74, 6) is -4.27. The number of aliphatic carboxylic acids is 1. The highest BCUT2D eigenvalue weighted by Gasteiger charge is 2.32. The number of H-pyrrole nitrogens is 1. The zero-order valence-electron chi connectivity index (χ0n) is 16.1. The van der Waals surface area contributed by atoms with E-state index in [1.54, 1.807) is 0 Å². The van der Waals surface area contributed by atoms with Gasteiger partial charge in [-0.25, -0.2) is 9.78 Å². The molecule has 0 fully saturated rings. The Morgan fingerprint density at radius 2 is 1.67 bits per heavy atom. The molecule has 3 amide bonds. The van der Waals surface area contributed by atoms with Crippen molar-refractivity contribution in [3.8, 4) is 0 Å². The number of aliphatic hydroxyl groups excluding tert-OH is 3. The first-order chi connectivity index (χ1) is 14.1. The van der Waals surface area contributed by atoms with Crippen LogP contribution in [0.25, 0.3) is 0 Å². The fourth-order valence-electron chi connectivity index (χ4n) is 2.30. The second-order valence-electron chi connectivity index (χ2n) is 6.44. The fourth-order valence-corrected chi connectivity index (χ4v) is 2.30. The number of carboxylic acids is 1. The third kappa shape index (κ3) is 7.40. The molecule has 10 N–H and O–H groups in total. The molecular weight excluding hydrogens is 404 g/mol. The molecule has 5 unspecified atom stereocenters. The van der Waals surface area contributed by atoms with Crippen LogP contribution in [0.3, 0.4) is 0 Å². The van der Waals surface area contributed by atoms with Crippen LogP contribution in [0.5, 0.6) is 0 Å². The van der Waals surface area contributed by atoms with E-state index in [2.05, 4.69) is 25.9 Å². The van der Waals surface area contributed by atoms with Crippen LogP contribution in [0.2, 0.25) is 0 Å². The summed E-state index contributed by atoms with van der Waals surface area (Å²) in [6.07, 6.45) is 1.15. The molecule has 0 saturated heterocycles. The Bertz CT molecular complexity index is 725. The van der Waals surface area contributed by atoms with Crippen LogP contribution in [-0.4, -0.2) is 97.6 Å². The number of aliphatic hydroxyl groups is 3. The van der Waals surface area contributed by atoms with Gasteiger partial charge in [-0.15, -0.1) is 0 Å². The molecule has 0 aromatic carbocycles. The lowest BCUT2D eigenvalue weighted by Gasteiger charge is -2.24. The highest BCUT2D eigenvalue weighted by atomic mass is 16.4. The SMILES string of the molecule is CC(O)C(NC(=O)C(Cc1cnc[nH]1)NC(=O)C(CO)NC(=O)C(N)CO)C(=O)O. The maximum absolute atomic E-state index is 12.6. The number of nitrogens with two attached hydrogens (primary N) is 1. The van der Waals surface area contributed by atoms with Crippen LogP contribution in [0, 0.1) is 0 Å². The number of nitrogens with one attached hydrogen (secondary N) is 4. The summed E-state index contributed by atoms with van der Waals surface area (Å²) in [6, 6.07) is -5.77. The Hall–Kier alpha value is -3.07. The molecule has 0 saturated carbocycles. The Morgan fingerprint density at radius 1 is 1.07 bits per heavy atom. The van der Waals surface area contributed by atoms with Gasteiger partial charge in [-0.05, 0) is 6.92 Å². The highest BCUT2D eigenvalue weighted by Crippen LogP contribution is 2.02. The second kappa shape index (κ2) is 11.8. The molecule has 1 aromatic rings. The number of carbonyl (C=O) groups is 4. The molecule has 0 aliphatic heterocycles. The van der Waals surface area contributed by atoms with Crippen molar-refractivity contribution in [3.63, 3.8) is 0 Å². The molecule has 0 bridgehead atoms. The molecule has 30 heavy (non-hydrogen) atoms. The molecule has 5 atom stereocenters. The zero-order valence-corrected chi connectivity index (χ0v) is 16.1. The third-order valence-electron chi connectivity index (χ3n) is 4.01. The Balaban J connectivity index is 2.96. The fraction of sp³-hybridized carbons (Fsp3) is 0.562. The predicted octanol–water partition coefficient (Wildman–Crippen LogP) is -4.82. The lowest BCUT2D eigenvalue weighted by atomic mass is 10.1. The molecule has 1 heterocycles. The summed E-state index contributed by atoms with van der Waals surface area (Å²) < 4.78 is 0. The van der Waals surface area contributed by atoms with Crippen LogP contribution < -0.4 is 21.7 Å². The lowest BCUT2D eigenvalue weighted by molar-refractivity contribution is -0.145. The van der Waals surface area contributed by atoms with Gasteiger partial charge in [0, 0.05) is 18.3 Å². The Kier molecular flexibility index (Phi) is 9.83. The maximum atomic E-state index is 12.6. The average molecular weight is 430 g/mol. The highest BCUT2D eigenvalue weighted by molar-refractivity contribution is 5.94. The van der Waals surface area contributed by atoms with E-state index in [-0.39, 0.29) is 6.42 Å². The van der Waals surface area contributed by atoms with Crippen LogP contribution in [-0.2, 0) is 25.6 Å². The van der Waals surface area contributed by atoms with E-state index < -0.39 is 67.2 Å². The molecule has 0 aliphatic carbocycles. The second-order valence-corrected chi connectivity index (χ2v) is 6.44. The molecule has 0 spiro atoms. The molecule has 168 valence electrons. The minimum absolute atomic E-state index is 0.133. The zero-order chi connectivity index (χ0) is 22.8. The summed E-state index contributed by atoms with van der Waals surface area (Å²) in [4.78, 5) is 54.5. The van der Waals surface area contributed by atoms with Gasteiger partial charge in [-0.1, -0.05) is 0 Å². The van der Waals surface area contributed by atoms with Crippen LogP contribution in [0.1, 0.15) is 12.6 Å². The lowest BCUT2D eigenvalue weighted by Crippen LogP contribution is -2.59. The maximum Gasteiger partial charge on any atom is 0.328 e. The Morgan fingerprint density at radius 3 is 2.13 bits per heavy atom. The van der Waals surface area contributed by atoms with E-state index in [1.807, 2.05) is 0 Å². The molecule has 1 aromatic heterocycles. The van der Waals surface area contributed by atoms with E-state index in [0.717, 1.165) is 0 Å².